The summed E-state index contributed by atoms with van der Waals surface area (Å²) >= 11 is 23.7. The summed E-state index contributed by atoms with van der Waals surface area (Å²) in [6, 6.07) is 13.5. The summed E-state index contributed by atoms with van der Waals surface area (Å²) in [7, 11) is 0. The highest BCUT2D eigenvalue weighted by Crippen LogP contribution is 2.28. The van der Waals surface area contributed by atoms with Gasteiger partial charge in [-0.3, -0.25) is 10.2 Å². The molecule has 0 bridgehead atoms. The number of rotatable bonds is 5. The number of nitrogens with one attached hydrogen (secondary N) is 2. The van der Waals surface area contributed by atoms with Crippen molar-refractivity contribution in [2.75, 3.05) is 10.7 Å². The number of amides is 1. The number of amidine groups is 1. The van der Waals surface area contributed by atoms with E-state index in [2.05, 4.69) is 30.8 Å². The maximum atomic E-state index is 12.8. The molecule has 0 spiro atoms. The number of carbonyl (C=O) groups excluding carboxylic acids is 1. The van der Waals surface area contributed by atoms with Gasteiger partial charge in [0.15, 0.2) is 0 Å². The summed E-state index contributed by atoms with van der Waals surface area (Å²) < 4.78 is 40.8. The molecule has 0 aliphatic carbocycles. The van der Waals surface area contributed by atoms with E-state index >= 15 is 0 Å². The Kier molecular flexibility index (Phi) is 8.79. The van der Waals surface area contributed by atoms with Crippen molar-refractivity contribution in [1.29, 1.82) is 0 Å². The lowest BCUT2D eigenvalue weighted by molar-refractivity contribution is -0.274. The number of halogens is 7. The highest BCUT2D eigenvalue weighted by Gasteiger charge is 2.31. The number of nitrogens with zero attached hydrogens (tertiary/aromatic N) is 3. The summed E-state index contributed by atoms with van der Waals surface area (Å²) in [5, 5.41) is 15.3. The Labute approximate surface area is 216 Å². The van der Waals surface area contributed by atoms with E-state index in [-0.39, 0.29) is 21.4 Å². The minimum atomic E-state index is -4.84. The second-order valence-electron chi connectivity index (χ2n) is 6.50. The Hall–Kier alpha value is -3.05. The largest absolute Gasteiger partial charge is 0.573 e. The van der Waals surface area contributed by atoms with Crippen LogP contribution in [0.15, 0.2) is 76.0 Å². The van der Waals surface area contributed by atoms with Gasteiger partial charge in [-0.25, -0.2) is 0 Å². The van der Waals surface area contributed by atoms with Gasteiger partial charge in [-0.1, -0.05) is 46.4 Å². The first-order valence-electron chi connectivity index (χ1n) is 9.33. The Morgan fingerprint density at radius 3 is 2.00 bits per heavy atom. The molecule has 1 amide bonds. The van der Waals surface area contributed by atoms with Crippen LogP contribution in [0.4, 0.5) is 30.2 Å². The van der Waals surface area contributed by atoms with Crippen molar-refractivity contribution in [3.8, 4) is 5.75 Å². The van der Waals surface area contributed by atoms with E-state index in [0.29, 0.717) is 15.7 Å². The van der Waals surface area contributed by atoms with Gasteiger partial charge in [-0.2, -0.15) is 0 Å². The van der Waals surface area contributed by atoms with Crippen LogP contribution in [0.2, 0.25) is 20.1 Å². The minimum Gasteiger partial charge on any atom is -0.406 e. The number of alkyl halides is 3. The number of benzene rings is 3. The molecule has 3 rings (SSSR count). The number of hydrazone groups is 1. The lowest BCUT2D eigenvalue weighted by Crippen LogP contribution is -2.22. The van der Waals surface area contributed by atoms with Crippen molar-refractivity contribution < 1.29 is 22.7 Å². The highest BCUT2D eigenvalue weighted by atomic mass is 35.5. The molecule has 0 fully saturated rings. The predicted molar refractivity (Wildman–Crippen MR) is 130 cm³/mol. The van der Waals surface area contributed by atoms with Crippen LogP contribution in [-0.4, -0.2) is 18.1 Å². The van der Waals surface area contributed by atoms with E-state index in [4.69, 9.17) is 46.4 Å². The Balaban J connectivity index is 1.82. The molecule has 0 saturated carbocycles. The van der Waals surface area contributed by atoms with Gasteiger partial charge in [0.05, 0.1) is 31.5 Å². The van der Waals surface area contributed by atoms with Crippen molar-refractivity contribution in [1.82, 2.24) is 0 Å². The van der Waals surface area contributed by atoms with Crippen LogP contribution >= 0.6 is 46.4 Å². The van der Waals surface area contributed by atoms with E-state index < -0.39 is 23.9 Å². The number of anilines is 2. The van der Waals surface area contributed by atoms with Gasteiger partial charge in [0.2, 0.25) is 0 Å². The molecular formula is C21H12Cl4F3N5O2. The van der Waals surface area contributed by atoms with Gasteiger partial charge >= 0.3 is 6.36 Å². The Bertz CT molecular complexity index is 1280. The fourth-order valence-electron chi connectivity index (χ4n) is 2.38. The average Bonchev–Trinajstić information content (AvgIpc) is 2.78. The molecule has 3 aromatic rings. The van der Waals surface area contributed by atoms with Crippen LogP contribution in [0.5, 0.6) is 5.75 Å². The fraction of sp³-hybridized carbons (Fsp3) is 0.0476. The molecule has 3 aromatic carbocycles. The first-order valence-corrected chi connectivity index (χ1v) is 10.8. The zero-order valence-corrected chi connectivity index (χ0v) is 20.1. The average molecular weight is 565 g/mol. The molecule has 0 saturated heterocycles. The molecule has 182 valence electrons. The SMILES string of the molecule is O=C(Nc1ccc(OC(F)(F)F)cc1)/C(N=Nc1ccc(Cl)c(Cl)c1)=N\Nc1ccc(Cl)c(Cl)c1. The van der Waals surface area contributed by atoms with Crippen molar-refractivity contribution in [2.45, 2.75) is 6.36 Å². The Morgan fingerprint density at radius 2 is 1.40 bits per heavy atom. The van der Waals surface area contributed by atoms with Crippen LogP contribution in [0.25, 0.3) is 0 Å². The van der Waals surface area contributed by atoms with Crippen LogP contribution in [0.3, 0.4) is 0 Å². The molecule has 14 heteroatoms. The van der Waals surface area contributed by atoms with Gasteiger partial charge in [-0.15, -0.1) is 28.5 Å². The molecule has 35 heavy (non-hydrogen) atoms. The third-order valence-electron chi connectivity index (χ3n) is 3.92. The van der Waals surface area contributed by atoms with E-state index in [1.165, 1.54) is 42.5 Å². The maximum Gasteiger partial charge on any atom is 0.573 e. The molecular weight excluding hydrogens is 553 g/mol. The first kappa shape index (κ1) is 26.6. The lowest BCUT2D eigenvalue weighted by atomic mass is 10.3. The number of carbonyl (C=O) groups is 1. The highest BCUT2D eigenvalue weighted by molar-refractivity contribution is 6.43. The maximum absolute atomic E-state index is 12.8. The van der Waals surface area contributed by atoms with Gasteiger partial charge < -0.3 is 10.1 Å². The zero-order chi connectivity index (χ0) is 25.6. The number of azo groups is 1. The van der Waals surface area contributed by atoms with Crippen molar-refractivity contribution in [3.63, 3.8) is 0 Å². The third-order valence-corrected chi connectivity index (χ3v) is 5.40. The molecule has 0 atom stereocenters. The minimum absolute atomic E-state index is 0.150. The molecule has 7 nitrogen and oxygen atoms in total. The summed E-state index contributed by atoms with van der Waals surface area (Å²) in [6.45, 7) is 0. The van der Waals surface area contributed by atoms with E-state index in [0.717, 1.165) is 12.1 Å². The predicted octanol–water partition coefficient (Wildman–Crippen LogP) is 8.35. The monoisotopic (exact) mass is 563 g/mol. The second-order valence-corrected chi connectivity index (χ2v) is 8.13. The van der Waals surface area contributed by atoms with Gasteiger partial charge in [0.1, 0.15) is 5.75 Å². The lowest BCUT2D eigenvalue weighted by Gasteiger charge is -2.10. The van der Waals surface area contributed by atoms with Gasteiger partial charge in [-0.05, 0) is 60.7 Å². The molecule has 0 radical (unpaired) electrons. The van der Waals surface area contributed by atoms with Crippen molar-refractivity contribution in [3.05, 3.63) is 80.8 Å². The number of ether oxygens (including phenoxy) is 1. The molecule has 0 aliphatic rings. The zero-order valence-electron chi connectivity index (χ0n) is 17.1. The topological polar surface area (TPSA) is 87.4 Å². The smallest absolute Gasteiger partial charge is 0.406 e. The second kappa shape index (κ2) is 11.6. The van der Waals surface area contributed by atoms with Crippen LogP contribution < -0.4 is 15.5 Å². The molecule has 0 heterocycles. The van der Waals surface area contributed by atoms with Crippen molar-refractivity contribution in [2.24, 2.45) is 15.3 Å². The van der Waals surface area contributed by atoms with Crippen LogP contribution in [0.1, 0.15) is 0 Å². The molecule has 0 aromatic heterocycles. The number of hydrogen-bond donors (Lipinski definition) is 2. The van der Waals surface area contributed by atoms with E-state index in [1.807, 2.05) is 0 Å². The summed E-state index contributed by atoms with van der Waals surface area (Å²) in [4.78, 5) is 12.8. The standard InChI is InChI=1S/C21H12Cl4F3N5O2/c22-15-7-3-12(9-17(15)24)30-32-19(33-31-13-4-8-16(23)18(25)10-13)20(34)29-11-1-5-14(6-2-11)35-21(26,27)28/h1-10,30H,(H,29,34)/b32-19+,33-31?. The fourth-order valence-corrected chi connectivity index (χ4v) is 2.97. The summed E-state index contributed by atoms with van der Waals surface area (Å²) in [6.07, 6.45) is -4.84. The molecule has 0 unspecified atom stereocenters. The summed E-state index contributed by atoms with van der Waals surface area (Å²) in [5.74, 6) is -1.71. The van der Waals surface area contributed by atoms with Gasteiger partial charge in [0, 0.05) is 5.69 Å². The third kappa shape index (κ3) is 8.29. The summed E-state index contributed by atoms with van der Waals surface area (Å²) in [5.41, 5.74) is 3.43. The Morgan fingerprint density at radius 1 is 0.800 bits per heavy atom. The van der Waals surface area contributed by atoms with E-state index in [1.54, 1.807) is 6.07 Å². The van der Waals surface area contributed by atoms with Gasteiger partial charge in [0.25, 0.3) is 11.7 Å². The molecule has 2 N–H and O–H groups in total. The van der Waals surface area contributed by atoms with E-state index in [9.17, 15) is 18.0 Å². The number of hydrogen-bond acceptors (Lipinski definition) is 5. The van der Waals surface area contributed by atoms with Crippen LogP contribution in [0, 0.1) is 0 Å². The first-order chi connectivity index (χ1) is 16.5. The van der Waals surface area contributed by atoms with Crippen molar-refractivity contribution >= 4 is 75.2 Å². The van der Waals surface area contributed by atoms with Crippen LogP contribution in [-0.2, 0) is 4.79 Å². The molecule has 0 aliphatic heterocycles. The quantitative estimate of drug-likeness (QED) is 0.141. The normalized spacial score (nSPS) is 12.0.